The van der Waals surface area contributed by atoms with Gasteiger partial charge in [-0.1, -0.05) is 12.1 Å². The highest BCUT2D eigenvalue weighted by atomic mass is 16.4. The van der Waals surface area contributed by atoms with Crippen LogP contribution < -0.4 is 0 Å². The molecule has 0 atom stereocenters. The Bertz CT molecular complexity index is 466. The third kappa shape index (κ3) is 2.91. The fourth-order valence-corrected chi connectivity index (χ4v) is 1.01. The van der Waals surface area contributed by atoms with Crippen LogP contribution in [-0.4, -0.2) is 27.9 Å². The first-order chi connectivity index (χ1) is 7.41. The van der Waals surface area contributed by atoms with Gasteiger partial charge in [-0.3, -0.25) is 4.79 Å². The van der Waals surface area contributed by atoms with Crippen molar-refractivity contribution < 1.29 is 26.0 Å². The van der Waals surface area contributed by atoms with Gasteiger partial charge in [-0.2, -0.15) is 0 Å². The Morgan fingerprint density at radius 1 is 1.33 bits per heavy atom. The minimum atomic E-state index is -1.56. The van der Waals surface area contributed by atoms with Crippen LogP contribution in [0.25, 0.3) is 0 Å². The molecular weight excluding hydrogens is 200 g/mol. The van der Waals surface area contributed by atoms with Crippen molar-refractivity contribution in [3.63, 3.8) is 0 Å². The van der Waals surface area contributed by atoms with E-state index in [0.29, 0.717) is 0 Å². The maximum absolute atomic E-state index is 10.9. The number of hydrogen-bond donors (Lipinski definition) is 2. The number of ketones is 1. The first-order valence-corrected chi connectivity index (χ1v) is 4.00. The average Bonchev–Trinajstić information content (AvgIpc) is 2.20. The predicted octanol–water partition coefficient (Wildman–Crippen LogP) is 0.581. The third-order valence-corrected chi connectivity index (χ3v) is 1.70. The van der Waals surface area contributed by atoms with Gasteiger partial charge in [0.2, 0.25) is 5.78 Å². The van der Waals surface area contributed by atoms with E-state index in [4.69, 9.17) is 11.6 Å². The molecule has 1 rings (SSSR count). The minimum absolute atomic E-state index is 0.181. The lowest BCUT2D eigenvalue weighted by Crippen LogP contribution is -2.15. The lowest BCUT2D eigenvalue weighted by molar-refractivity contribution is -0.148. The topological polar surface area (TPSA) is 91.7 Å². The molecule has 0 radical (unpaired) electrons. The van der Waals surface area contributed by atoms with Crippen molar-refractivity contribution in [2.45, 2.75) is 6.42 Å². The Labute approximate surface area is 86.4 Å². The van der Waals surface area contributed by atoms with Crippen molar-refractivity contribution in [2.75, 3.05) is 0 Å². The summed E-state index contributed by atoms with van der Waals surface area (Å²) in [7, 11) is 0. The van der Waals surface area contributed by atoms with Crippen molar-refractivity contribution in [2.24, 2.45) is 0 Å². The Balaban J connectivity index is 3.00. The number of rotatable bonds is 4. The summed E-state index contributed by atoms with van der Waals surface area (Å²) in [5.41, 5.74) is 0.0106. The standard InChI is InChI=1S/C10H8O5/c11-8(10(14)15)5-6-2-1-3-7(4-6)9(12)13/h1-4H,5H2,(H,12,13)(H,14,15)/i3D. The molecule has 78 valence electrons. The lowest BCUT2D eigenvalue weighted by atomic mass is 10.1. The van der Waals surface area contributed by atoms with E-state index in [9.17, 15) is 14.4 Å². The van der Waals surface area contributed by atoms with E-state index in [-0.39, 0.29) is 23.6 Å². The summed E-state index contributed by atoms with van der Waals surface area (Å²) in [4.78, 5) is 31.8. The van der Waals surface area contributed by atoms with Crippen LogP contribution in [0.5, 0.6) is 0 Å². The monoisotopic (exact) mass is 209 g/mol. The zero-order valence-corrected chi connectivity index (χ0v) is 7.56. The van der Waals surface area contributed by atoms with Crippen LogP contribution in [-0.2, 0) is 16.0 Å². The molecular formula is C10H8O5. The molecule has 2 N–H and O–H groups in total. The lowest BCUT2D eigenvalue weighted by Gasteiger charge is -1.99. The van der Waals surface area contributed by atoms with Crippen molar-refractivity contribution in [1.82, 2.24) is 0 Å². The van der Waals surface area contributed by atoms with Gasteiger partial charge in [0.25, 0.3) is 0 Å². The molecule has 0 aliphatic carbocycles. The van der Waals surface area contributed by atoms with Gasteiger partial charge in [-0.25, -0.2) is 9.59 Å². The second-order valence-corrected chi connectivity index (χ2v) is 2.82. The second kappa shape index (κ2) is 4.36. The van der Waals surface area contributed by atoms with Gasteiger partial charge in [0.15, 0.2) is 0 Å². The van der Waals surface area contributed by atoms with Gasteiger partial charge >= 0.3 is 11.9 Å². The smallest absolute Gasteiger partial charge is 0.372 e. The molecule has 0 fully saturated rings. The quantitative estimate of drug-likeness (QED) is 0.707. The number of benzene rings is 1. The van der Waals surface area contributed by atoms with Gasteiger partial charge in [-0.15, -0.1) is 0 Å². The number of carbonyl (C=O) groups is 3. The molecule has 15 heavy (non-hydrogen) atoms. The van der Waals surface area contributed by atoms with Crippen molar-refractivity contribution >= 4 is 17.7 Å². The van der Waals surface area contributed by atoms with E-state index >= 15 is 0 Å². The number of carboxylic acids is 2. The van der Waals surface area contributed by atoms with Crippen molar-refractivity contribution in [3.8, 4) is 0 Å². The molecule has 0 heterocycles. The van der Waals surface area contributed by atoms with E-state index in [1.807, 2.05) is 0 Å². The number of carboxylic acid groups (broad SMARTS) is 2. The van der Waals surface area contributed by atoms with E-state index < -0.39 is 17.7 Å². The summed E-state index contributed by atoms with van der Waals surface area (Å²) in [6, 6.07) is 3.52. The first kappa shape index (κ1) is 9.39. The van der Waals surface area contributed by atoms with E-state index in [1.54, 1.807) is 0 Å². The SMILES string of the molecule is [2H]c1ccc(CC(=O)C(=O)O)cc1C(=O)O. The molecule has 1 aromatic rings. The van der Waals surface area contributed by atoms with Crippen molar-refractivity contribution in [1.29, 1.82) is 0 Å². The van der Waals surface area contributed by atoms with Crippen molar-refractivity contribution in [3.05, 3.63) is 35.4 Å². The first-order valence-electron chi connectivity index (χ1n) is 4.50. The summed E-state index contributed by atoms with van der Waals surface area (Å²) in [5.74, 6) is -3.87. The Hall–Kier alpha value is -2.17. The number of aromatic carboxylic acids is 1. The molecule has 0 amide bonds. The molecule has 5 nitrogen and oxygen atoms in total. The van der Waals surface area contributed by atoms with Crippen LogP contribution in [0.2, 0.25) is 0 Å². The average molecular weight is 209 g/mol. The number of Topliss-reactive ketones (excluding diaryl/α,β-unsaturated/α-hetero) is 1. The highest BCUT2D eigenvalue weighted by molar-refractivity contribution is 6.33. The maximum atomic E-state index is 10.9. The van der Waals surface area contributed by atoms with Gasteiger partial charge in [-0.05, 0) is 17.7 Å². The minimum Gasteiger partial charge on any atom is -0.478 e. The van der Waals surface area contributed by atoms with Crippen LogP contribution >= 0.6 is 0 Å². The van der Waals surface area contributed by atoms with Gasteiger partial charge in [0.1, 0.15) is 0 Å². The van der Waals surface area contributed by atoms with Gasteiger partial charge in [0, 0.05) is 6.42 Å². The van der Waals surface area contributed by atoms with Gasteiger partial charge < -0.3 is 10.2 Å². The highest BCUT2D eigenvalue weighted by Gasteiger charge is 2.12. The summed E-state index contributed by atoms with van der Waals surface area (Å²) >= 11 is 0. The summed E-state index contributed by atoms with van der Waals surface area (Å²) in [6.07, 6.45) is -0.379. The molecule has 5 heteroatoms. The van der Waals surface area contributed by atoms with E-state index in [2.05, 4.69) is 0 Å². The fourth-order valence-electron chi connectivity index (χ4n) is 1.01. The summed E-state index contributed by atoms with van der Waals surface area (Å²) in [5, 5.41) is 17.1. The molecule has 0 saturated heterocycles. The van der Waals surface area contributed by atoms with Crippen LogP contribution in [0.15, 0.2) is 24.2 Å². The Morgan fingerprint density at radius 3 is 2.53 bits per heavy atom. The largest absolute Gasteiger partial charge is 0.478 e. The molecule has 1 aromatic carbocycles. The van der Waals surface area contributed by atoms with E-state index in [1.165, 1.54) is 12.1 Å². The zero-order chi connectivity index (χ0) is 12.3. The van der Waals surface area contributed by atoms with Gasteiger partial charge in [0.05, 0.1) is 6.93 Å². The Morgan fingerprint density at radius 2 is 2.00 bits per heavy atom. The highest BCUT2D eigenvalue weighted by Crippen LogP contribution is 2.06. The molecule has 0 aliphatic heterocycles. The second-order valence-electron chi connectivity index (χ2n) is 2.82. The van der Waals surface area contributed by atoms with Crippen LogP contribution in [0.3, 0.4) is 0 Å². The normalized spacial score (nSPS) is 10.5. The fraction of sp³-hybridized carbons (Fsp3) is 0.100. The molecule has 0 spiro atoms. The number of aliphatic carboxylic acids is 1. The maximum Gasteiger partial charge on any atom is 0.372 e. The molecule has 0 aromatic heterocycles. The number of carbonyl (C=O) groups excluding carboxylic acids is 1. The van der Waals surface area contributed by atoms with Crippen LogP contribution in [0.4, 0.5) is 0 Å². The predicted molar refractivity (Wildman–Crippen MR) is 49.7 cm³/mol. The zero-order valence-electron chi connectivity index (χ0n) is 8.56. The van der Waals surface area contributed by atoms with E-state index in [0.717, 1.165) is 6.07 Å². The number of hydrogen-bond acceptors (Lipinski definition) is 3. The Kier molecular flexibility index (Phi) is 2.73. The molecule has 0 aliphatic rings. The molecule has 0 saturated carbocycles. The molecule has 0 unspecified atom stereocenters. The molecule has 0 bridgehead atoms. The van der Waals surface area contributed by atoms with Crippen LogP contribution in [0, 0.1) is 0 Å². The summed E-state index contributed by atoms with van der Waals surface area (Å²) in [6.45, 7) is 0. The summed E-state index contributed by atoms with van der Waals surface area (Å²) < 4.78 is 7.28. The third-order valence-electron chi connectivity index (χ3n) is 1.70. The van der Waals surface area contributed by atoms with Crippen LogP contribution in [0.1, 0.15) is 17.3 Å².